The fourth-order valence-electron chi connectivity index (χ4n) is 3.24. The summed E-state index contributed by atoms with van der Waals surface area (Å²) in [6.45, 7) is 5.67. The smallest absolute Gasteiger partial charge is 0.273 e. The number of oxazole rings is 1. The predicted molar refractivity (Wildman–Crippen MR) is 75.2 cm³/mol. The molecule has 0 aromatic carbocycles. The number of rotatable bonds is 2. The molecule has 0 radical (unpaired) electrons. The van der Waals surface area contributed by atoms with Crippen LogP contribution >= 0.6 is 0 Å². The zero-order valence-corrected chi connectivity index (χ0v) is 12.6. The van der Waals surface area contributed by atoms with Gasteiger partial charge in [0.2, 0.25) is 0 Å². The Hall–Kier alpha value is -1.40. The van der Waals surface area contributed by atoms with Crippen molar-refractivity contribution in [1.29, 1.82) is 0 Å². The third kappa shape index (κ3) is 3.11. The van der Waals surface area contributed by atoms with Gasteiger partial charge in [0.15, 0.2) is 11.6 Å². The van der Waals surface area contributed by atoms with Gasteiger partial charge in [-0.1, -0.05) is 0 Å². The van der Waals surface area contributed by atoms with Gasteiger partial charge >= 0.3 is 0 Å². The van der Waals surface area contributed by atoms with Crippen molar-refractivity contribution >= 4 is 5.91 Å². The maximum atomic E-state index is 12.3. The van der Waals surface area contributed by atoms with Gasteiger partial charge in [0.1, 0.15) is 5.76 Å². The molecule has 1 N–H and O–H groups in total. The number of hydrogen-bond donors (Lipinski definition) is 1. The molecule has 21 heavy (non-hydrogen) atoms. The van der Waals surface area contributed by atoms with Gasteiger partial charge in [-0.05, 0) is 32.6 Å². The van der Waals surface area contributed by atoms with Crippen molar-refractivity contribution in [2.45, 2.75) is 51.2 Å². The lowest BCUT2D eigenvalue weighted by Crippen LogP contribution is -2.51. The van der Waals surface area contributed by atoms with Crippen molar-refractivity contribution in [1.82, 2.24) is 10.3 Å². The van der Waals surface area contributed by atoms with E-state index >= 15 is 0 Å². The van der Waals surface area contributed by atoms with Gasteiger partial charge < -0.3 is 19.2 Å². The van der Waals surface area contributed by atoms with E-state index in [-0.39, 0.29) is 17.6 Å². The summed E-state index contributed by atoms with van der Waals surface area (Å²) >= 11 is 0. The maximum absolute atomic E-state index is 12.3. The monoisotopic (exact) mass is 294 g/mol. The fourth-order valence-corrected chi connectivity index (χ4v) is 3.24. The second kappa shape index (κ2) is 5.77. The highest BCUT2D eigenvalue weighted by Crippen LogP contribution is 2.34. The van der Waals surface area contributed by atoms with Gasteiger partial charge in [0.25, 0.3) is 5.91 Å². The minimum Gasteiger partial charge on any atom is -0.445 e. The van der Waals surface area contributed by atoms with Gasteiger partial charge in [-0.15, -0.1) is 0 Å². The molecule has 1 spiro atoms. The van der Waals surface area contributed by atoms with Crippen LogP contribution in [0.1, 0.15) is 47.8 Å². The Morgan fingerprint density at radius 2 is 2.05 bits per heavy atom. The highest BCUT2D eigenvalue weighted by atomic mass is 16.5. The molecule has 6 nitrogen and oxygen atoms in total. The van der Waals surface area contributed by atoms with Crippen LogP contribution in [0.4, 0.5) is 0 Å². The molecule has 3 rings (SSSR count). The van der Waals surface area contributed by atoms with E-state index in [4.69, 9.17) is 13.9 Å². The second-order valence-corrected chi connectivity index (χ2v) is 5.94. The number of aryl methyl sites for hydroxylation is 2. The third-order valence-electron chi connectivity index (χ3n) is 4.35. The van der Waals surface area contributed by atoms with E-state index in [0.29, 0.717) is 24.0 Å². The molecule has 2 aliphatic rings. The summed E-state index contributed by atoms with van der Waals surface area (Å²) in [6, 6.07) is 0.126. The molecule has 0 bridgehead atoms. The predicted octanol–water partition coefficient (Wildman–Crippen LogP) is 1.75. The van der Waals surface area contributed by atoms with Crippen molar-refractivity contribution in [2.24, 2.45) is 0 Å². The van der Waals surface area contributed by atoms with Crippen LogP contribution in [0.15, 0.2) is 4.42 Å². The number of aromatic nitrogens is 1. The number of nitrogens with zero attached hydrogens (tertiary/aromatic N) is 1. The quantitative estimate of drug-likeness (QED) is 0.899. The van der Waals surface area contributed by atoms with Crippen molar-refractivity contribution < 1.29 is 18.7 Å². The number of ether oxygens (including phenoxy) is 2. The lowest BCUT2D eigenvalue weighted by atomic mass is 9.84. The summed E-state index contributed by atoms with van der Waals surface area (Å²) in [5.41, 5.74) is 0.267. The Labute approximate surface area is 124 Å². The van der Waals surface area contributed by atoms with Crippen LogP contribution in [0.5, 0.6) is 0 Å². The molecule has 1 aromatic rings. The topological polar surface area (TPSA) is 73.6 Å². The molecule has 2 saturated heterocycles. The first-order valence-corrected chi connectivity index (χ1v) is 7.55. The Balaban J connectivity index is 1.64. The summed E-state index contributed by atoms with van der Waals surface area (Å²) in [6.07, 6.45) is 3.49. The van der Waals surface area contributed by atoms with E-state index in [2.05, 4.69) is 10.3 Å². The lowest BCUT2D eigenvalue weighted by Gasteiger charge is -2.43. The normalized spacial score (nSPS) is 25.0. The van der Waals surface area contributed by atoms with Gasteiger partial charge in [0.05, 0.1) is 5.60 Å². The molecule has 1 aromatic heterocycles. The van der Waals surface area contributed by atoms with E-state index in [1.54, 1.807) is 13.8 Å². The van der Waals surface area contributed by atoms with Crippen LogP contribution in [-0.2, 0) is 9.47 Å². The first kappa shape index (κ1) is 14.5. The first-order chi connectivity index (χ1) is 10.1. The number of nitrogens with one attached hydrogen (secondary N) is 1. The molecule has 2 fully saturated rings. The summed E-state index contributed by atoms with van der Waals surface area (Å²) in [5.74, 6) is 0.932. The highest BCUT2D eigenvalue weighted by Gasteiger charge is 2.39. The zero-order chi connectivity index (χ0) is 14.9. The third-order valence-corrected chi connectivity index (χ3v) is 4.35. The van der Waals surface area contributed by atoms with Crippen LogP contribution in [-0.4, -0.2) is 42.4 Å². The molecule has 116 valence electrons. The fraction of sp³-hybridized carbons (Fsp3) is 0.733. The molecular weight excluding hydrogens is 272 g/mol. The molecule has 3 heterocycles. The van der Waals surface area contributed by atoms with Crippen LogP contribution in [0.3, 0.4) is 0 Å². The molecule has 6 heteroatoms. The Bertz CT molecular complexity index is 514. The van der Waals surface area contributed by atoms with E-state index in [9.17, 15) is 4.79 Å². The summed E-state index contributed by atoms with van der Waals surface area (Å²) in [4.78, 5) is 16.5. The molecule has 0 aliphatic carbocycles. The number of amides is 1. The average molecular weight is 294 g/mol. The van der Waals surface area contributed by atoms with Gasteiger partial charge in [-0.3, -0.25) is 4.79 Å². The van der Waals surface area contributed by atoms with E-state index in [0.717, 1.165) is 38.9 Å². The summed E-state index contributed by atoms with van der Waals surface area (Å²) < 4.78 is 16.7. The molecule has 1 amide bonds. The molecule has 1 atom stereocenters. The Kier molecular flexibility index (Phi) is 3.99. The molecule has 0 unspecified atom stereocenters. The number of hydrogen-bond acceptors (Lipinski definition) is 5. The minimum atomic E-state index is -0.154. The largest absolute Gasteiger partial charge is 0.445 e. The van der Waals surface area contributed by atoms with Crippen LogP contribution < -0.4 is 5.32 Å². The van der Waals surface area contributed by atoms with Crippen molar-refractivity contribution in [3.63, 3.8) is 0 Å². The van der Waals surface area contributed by atoms with Crippen LogP contribution in [0.2, 0.25) is 0 Å². The van der Waals surface area contributed by atoms with Crippen molar-refractivity contribution in [3.05, 3.63) is 17.3 Å². The summed E-state index contributed by atoms with van der Waals surface area (Å²) in [5, 5.41) is 3.08. The summed E-state index contributed by atoms with van der Waals surface area (Å²) in [7, 11) is 0. The minimum absolute atomic E-state index is 0.122. The molecule has 0 saturated carbocycles. The standard InChI is InChI=1S/C15H22N2O4/c1-10-13(16-11(2)21-10)14(18)17-12-3-6-20-15(9-12)4-7-19-8-5-15/h12H,3-9H2,1-2H3,(H,17,18)/t12-/m0/s1. The zero-order valence-electron chi connectivity index (χ0n) is 12.6. The Morgan fingerprint density at radius 3 is 2.71 bits per heavy atom. The second-order valence-electron chi connectivity index (χ2n) is 5.94. The van der Waals surface area contributed by atoms with E-state index < -0.39 is 0 Å². The molecule has 2 aliphatic heterocycles. The van der Waals surface area contributed by atoms with Crippen LogP contribution in [0, 0.1) is 13.8 Å². The van der Waals surface area contributed by atoms with Gasteiger partial charge in [-0.25, -0.2) is 4.98 Å². The van der Waals surface area contributed by atoms with Crippen molar-refractivity contribution in [3.8, 4) is 0 Å². The molecular formula is C15H22N2O4. The number of carbonyl (C=O) groups excluding carboxylic acids is 1. The average Bonchev–Trinajstić information content (AvgIpc) is 2.79. The van der Waals surface area contributed by atoms with Crippen molar-refractivity contribution in [2.75, 3.05) is 19.8 Å². The van der Waals surface area contributed by atoms with Gasteiger partial charge in [-0.2, -0.15) is 0 Å². The lowest BCUT2D eigenvalue weighted by molar-refractivity contribution is -0.139. The van der Waals surface area contributed by atoms with E-state index in [1.165, 1.54) is 0 Å². The van der Waals surface area contributed by atoms with Gasteiger partial charge in [0, 0.05) is 32.8 Å². The van der Waals surface area contributed by atoms with E-state index in [1.807, 2.05) is 0 Å². The van der Waals surface area contributed by atoms with Crippen LogP contribution in [0.25, 0.3) is 0 Å². The Morgan fingerprint density at radius 1 is 1.29 bits per heavy atom. The number of carbonyl (C=O) groups is 1. The first-order valence-electron chi connectivity index (χ1n) is 7.55. The SMILES string of the molecule is Cc1nc(C(=O)N[C@H]2CCOC3(CCOCC3)C2)c(C)o1. The maximum Gasteiger partial charge on any atom is 0.273 e. The highest BCUT2D eigenvalue weighted by molar-refractivity contribution is 5.93.